The molecule has 4 nitrogen and oxygen atoms in total. The van der Waals surface area contributed by atoms with Gasteiger partial charge >= 0.3 is 0 Å². The van der Waals surface area contributed by atoms with E-state index in [1.165, 1.54) is 0 Å². The molecule has 0 unspecified atom stereocenters. The van der Waals surface area contributed by atoms with Crippen molar-refractivity contribution in [2.45, 2.75) is 6.42 Å². The Hall–Kier alpha value is -1.54. The largest absolute Gasteiger partial charge is 0.461 e. The van der Waals surface area contributed by atoms with Crippen molar-refractivity contribution in [3.63, 3.8) is 0 Å². The molecule has 2 aromatic rings. The van der Waals surface area contributed by atoms with Gasteiger partial charge in [-0.15, -0.1) is 0 Å². The van der Waals surface area contributed by atoms with Crippen LogP contribution in [-0.4, -0.2) is 9.97 Å². The van der Waals surface area contributed by atoms with Gasteiger partial charge in [0.15, 0.2) is 11.6 Å². The third-order valence-electron chi connectivity index (χ3n) is 1.74. The number of nitrogens with zero attached hydrogens (tertiary/aromatic N) is 2. The summed E-state index contributed by atoms with van der Waals surface area (Å²) in [4.78, 5) is 7.20. The standard InChI is InChI=1S/C9H6BrN3O/c10-8-6(3-4-11)12-9(13-8)7-2-1-5-14-7/h1-2,5H,3H2,(H,12,13). The lowest BCUT2D eigenvalue weighted by Gasteiger charge is -1.87. The van der Waals surface area contributed by atoms with Gasteiger partial charge in [0, 0.05) is 0 Å². The number of nitriles is 1. The van der Waals surface area contributed by atoms with E-state index in [0.717, 1.165) is 5.69 Å². The highest BCUT2D eigenvalue weighted by Gasteiger charge is 2.10. The Kier molecular flexibility index (Phi) is 2.37. The molecular weight excluding hydrogens is 246 g/mol. The molecule has 0 aromatic carbocycles. The van der Waals surface area contributed by atoms with Crippen LogP contribution in [0.2, 0.25) is 0 Å². The van der Waals surface area contributed by atoms with Crippen LogP contribution in [0.3, 0.4) is 0 Å². The summed E-state index contributed by atoms with van der Waals surface area (Å²) in [5.74, 6) is 1.29. The molecule has 0 bridgehead atoms. The number of hydrogen-bond donors (Lipinski definition) is 1. The third-order valence-corrected chi connectivity index (χ3v) is 2.39. The van der Waals surface area contributed by atoms with E-state index >= 15 is 0 Å². The van der Waals surface area contributed by atoms with E-state index in [0.29, 0.717) is 22.6 Å². The highest BCUT2D eigenvalue weighted by atomic mass is 79.9. The maximum absolute atomic E-state index is 8.54. The van der Waals surface area contributed by atoms with E-state index in [1.54, 1.807) is 18.4 Å². The number of furan rings is 1. The molecule has 14 heavy (non-hydrogen) atoms. The minimum absolute atomic E-state index is 0.300. The fraction of sp³-hybridized carbons (Fsp3) is 0.111. The lowest BCUT2D eigenvalue weighted by Crippen LogP contribution is -1.81. The van der Waals surface area contributed by atoms with Crippen molar-refractivity contribution in [2.75, 3.05) is 0 Å². The van der Waals surface area contributed by atoms with E-state index in [4.69, 9.17) is 9.68 Å². The van der Waals surface area contributed by atoms with Crippen LogP contribution in [0.15, 0.2) is 27.4 Å². The molecule has 2 aromatic heterocycles. The smallest absolute Gasteiger partial charge is 0.174 e. The first-order valence-corrected chi connectivity index (χ1v) is 4.76. The van der Waals surface area contributed by atoms with E-state index in [2.05, 4.69) is 32.0 Å². The fourth-order valence-electron chi connectivity index (χ4n) is 1.11. The zero-order valence-corrected chi connectivity index (χ0v) is 8.71. The highest BCUT2D eigenvalue weighted by molar-refractivity contribution is 9.10. The predicted octanol–water partition coefficient (Wildman–Crippen LogP) is 2.50. The van der Waals surface area contributed by atoms with Crippen LogP contribution in [0.4, 0.5) is 0 Å². The molecule has 0 aliphatic rings. The Morgan fingerprint density at radius 2 is 2.50 bits per heavy atom. The summed E-state index contributed by atoms with van der Waals surface area (Å²) in [7, 11) is 0. The van der Waals surface area contributed by atoms with Gasteiger partial charge in [-0.2, -0.15) is 5.26 Å². The van der Waals surface area contributed by atoms with E-state index in [9.17, 15) is 0 Å². The predicted molar refractivity (Wildman–Crippen MR) is 53.3 cm³/mol. The molecule has 0 spiro atoms. The van der Waals surface area contributed by atoms with Crippen molar-refractivity contribution in [2.24, 2.45) is 0 Å². The average Bonchev–Trinajstić information content (AvgIpc) is 2.76. The first-order valence-electron chi connectivity index (χ1n) is 3.96. The lowest BCUT2D eigenvalue weighted by molar-refractivity contribution is 0.578. The maximum Gasteiger partial charge on any atom is 0.174 e. The summed E-state index contributed by atoms with van der Waals surface area (Å²) in [6.45, 7) is 0. The topological polar surface area (TPSA) is 65.6 Å². The van der Waals surface area contributed by atoms with Gasteiger partial charge in [-0.25, -0.2) is 4.98 Å². The number of aromatic amines is 1. The number of hydrogen-bond acceptors (Lipinski definition) is 3. The van der Waals surface area contributed by atoms with Crippen molar-refractivity contribution in [3.8, 4) is 17.7 Å². The quantitative estimate of drug-likeness (QED) is 0.892. The van der Waals surface area contributed by atoms with Gasteiger partial charge in [-0.05, 0) is 28.1 Å². The SMILES string of the molecule is N#CCc1[nH]c(-c2ccco2)nc1Br. The van der Waals surface area contributed by atoms with Crippen molar-refractivity contribution >= 4 is 15.9 Å². The van der Waals surface area contributed by atoms with Gasteiger partial charge in [0.05, 0.1) is 24.4 Å². The van der Waals surface area contributed by atoms with Crippen LogP contribution < -0.4 is 0 Å². The van der Waals surface area contributed by atoms with Crippen molar-refractivity contribution in [3.05, 3.63) is 28.7 Å². The number of aromatic nitrogens is 2. The molecule has 0 radical (unpaired) electrons. The second-order valence-electron chi connectivity index (χ2n) is 2.67. The van der Waals surface area contributed by atoms with Gasteiger partial charge in [-0.3, -0.25) is 0 Å². The lowest BCUT2D eigenvalue weighted by atomic mass is 10.4. The zero-order chi connectivity index (χ0) is 9.97. The molecule has 0 saturated carbocycles. The second-order valence-corrected chi connectivity index (χ2v) is 3.42. The minimum atomic E-state index is 0.300. The summed E-state index contributed by atoms with van der Waals surface area (Å²) < 4.78 is 5.83. The van der Waals surface area contributed by atoms with Crippen molar-refractivity contribution < 1.29 is 4.42 Å². The molecule has 0 amide bonds. The van der Waals surface area contributed by atoms with Crippen LogP contribution in [0.5, 0.6) is 0 Å². The van der Waals surface area contributed by atoms with E-state index in [-0.39, 0.29) is 0 Å². The Morgan fingerprint density at radius 3 is 3.14 bits per heavy atom. The molecule has 70 valence electrons. The number of H-pyrrole nitrogens is 1. The average molecular weight is 252 g/mol. The van der Waals surface area contributed by atoms with Gasteiger partial charge in [-0.1, -0.05) is 0 Å². The normalized spacial score (nSPS) is 10.0. The number of imidazole rings is 1. The fourth-order valence-corrected chi connectivity index (χ4v) is 1.53. The molecule has 0 aliphatic carbocycles. The van der Waals surface area contributed by atoms with Crippen molar-refractivity contribution in [1.82, 2.24) is 9.97 Å². The molecule has 2 rings (SSSR count). The van der Waals surface area contributed by atoms with Gasteiger partial charge in [0.1, 0.15) is 4.60 Å². The third kappa shape index (κ3) is 1.56. The Morgan fingerprint density at radius 1 is 1.64 bits per heavy atom. The van der Waals surface area contributed by atoms with Gasteiger partial charge in [0.25, 0.3) is 0 Å². The molecule has 0 fully saturated rings. The van der Waals surface area contributed by atoms with Crippen LogP contribution in [0.1, 0.15) is 5.69 Å². The summed E-state index contributed by atoms with van der Waals surface area (Å²) in [5.41, 5.74) is 0.763. The Balaban J connectivity index is 2.39. The molecule has 5 heteroatoms. The maximum atomic E-state index is 8.54. The monoisotopic (exact) mass is 251 g/mol. The van der Waals surface area contributed by atoms with E-state index < -0.39 is 0 Å². The molecule has 2 heterocycles. The molecule has 1 N–H and O–H groups in total. The number of rotatable bonds is 2. The minimum Gasteiger partial charge on any atom is -0.461 e. The van der Waals surface area contributed by atoms with Gasteiger partial charge in [0.2, 0.25) is 0 Å². The highest BCUT2D eigenvalue weighted by Crippen LogP contribution is 2.21. The summed E-state index contributed by atoms with van der Waals surface area (Å²) in [5, 5.41) is 8.54. The van der Waals surface area contributed by atoms with Gasteiger partial charge < -0.3 is 9.40 Å². The first kappa shape index (κ1) is 9.03. The van der Waals surface area contributed by atoms with E-state index in [1.807, 2.05) is 0 Å². The Labute approximate surface area is 88.7 Å². The molecule has 0 atom stereocenters. The Bertz CT molecular complexity index is 467. The summed E-state index contributed by atoms with van der Waals surface area (Å²) in [6.07, 6.45) is 1.88. The molecule has 0 saturated heterocycles. The number of nitrogens with one attached hydrogen (secondary N) is 1. The van der Waals surface area contributed by atoms with Crippen LogP contribution in [0, 0.1) is 11.3 Å². The first-order chi connectivity index (χ1) is 6.81. The van der Waals surface area contributed by atoms with Crippen molar-refractivity contribution in [1.29, 1.82) is 5.26 Å². The second kappa shape index (κ2) is 3.68. The zero-order valence-electron chi connectivity index (χ0n) is 7.12. The summed E-state index contributed by atoms with van der Waals surface area (Å²) in [6, 6.07) is 5.65. The van der Waals surface area contributed by atoms with Crippen LogP contribution in [-0.2, 0) is 6.42 Å². The molecular formula is C9H6BrN3O. The summed E-state index contributed by atoms with van der Waals surface area (Å²) >= 11 is 3.27. The van der Waals surface area contributed by atoms with Crippen LogP contribution >= 0.6 is 15.9 Å². The number of halogens is 1. The molecule has 0 aliphatic heterocycles. The van der Waals surface area contributed by atoms with Crippen LogP contribution in [0.25, 0.3) is 11.6 Å².